The third kappa shape index (κ3) is 3.44. The van der Waals surface area contributed by atoms with E-state index in [2.05, 4.69) is 15.0 Å². The van der Waals surface area contributed by atoms with E-state index in [9.17, 15) is 4.79 Å². The molecule has 0 bridgehead atoms. The fraction of sp³-hybridized carbons (Fsp3) is 0.200. The van der Waals surface area contributed by atoms with Crippen molar-refractivity contribution < 1.29 is 9.53 Å². The molecule has 6 heteroatoms. The average molecular weight is 306 g/mol. The minimum atomic E-state index is -0.492. The van der Waals surface area contributed by atoms with Gasteiger partial charge in [-0.3, -0.25) is 0 Å². The van der Waals surface area contributed by atoms with E-state index < -0.39 is 5.97 Å². The number of methoxy groups -OCH3 is 1. The summed E-state index contributed by atoms with van der Waals surface area (Å²) in [6.07, 6.45) is 1.51. The van der Waals surface area contributed by atoms with E-state index in [0.717, 1.165) is 5.56 Å². The number of carbonyl (C=O) groups excluding carboxylic acids is 1. The van der Waals surface area contributed by atoms with E-state index in [4.69, 9.17) is 17.3 Å². The van der Waals surface area contributed by atoms with Gasteiger partial charge in [0.2, 0.25) is 0 Å². The Labute approximate surface area is 128 Å². The largest absolute Gasteiger partial charge is 0.465 e. The zero-order chi connectivity index (χ0) is 15.4. The molecule has 1 unspecified atom stereocenters. The molecule has 0 aliphatic carbocycles. The minimum Gasteiger partial charge on any atom is -0.465 e. The second kappa shape index (κ2) is 6.45. The van der Waals surface area contributed by atoms with Crippen LogP contribution in [0.4, 0.5) is 11.5 Å². The van der Waals surface area contributed by atoms with Crippen molar-refractivity contribution in [1.29, 1.82) is 0 Å². The van der Waals surface area contributed by atoms with Gasteiger partial charge >= 0.3 is 5.97 Å². The Morgan fingerprint density at radius 2 is 2.19 bits per heavy atom. The van der Waals surface area contributed by atoms with Gasteiger partial charge < -0.3 is 15.8 Å². The van der Waals surface area contributed by atoms with Crippen LogP contribution in [0.25, 0.3) is 0 Å². The number of ether oxygens (including phenoxy) is 1. The molecule has 21 heavy (non-hydrogen) atoms. The van der Waals surface area contributed by atoms with Crippen molar-refractivity contribution in [1.82, 2.24) is 4.98 Å². The van der Waals surface area contributed by atoms with E-state index in [1.54, 1.807) is 0 Å². The zero-order valence-corrected chi connectivity index (χ0v) is 12.5. The number of pyridine rings is 1. The van der Waals surface area contributed by atoms with Crippen molar-refractivity contribution in [3.05, 3.63) is 52.7 Å². The number of nitrogens with two attached hydrogens (primary N) is 1. The average Bonchev–Trinajstić information content (AvgIpc) is 2.48. The predicted molar refractivity (Wildman–Crippen MR) is 83.5 cm³/mol. The van der Waals surface area contributed by atoms with Crippen molar-refractivity contribution >= 4 is 29.1 Å². The number of halogens is 1. The number of benzene rings is 1. The smallest absolute Gasteiger partial charge is 0.340 e. The molecule has 0 amide bonds. The first-order chi connectivity index (χ1) is 10.0. The Morgan fingerprint density at radius 1 is 1.43 bits per heavy atom. The fourth-order valence-corrected chi connectivity index (χ4v) is 2.14. The number of esters is 1. The maximum atomic E-state index is 11.6. The van der Waals surface area contributed by atoms with E-state index in [0.29, 0.717) is 10.8 Å². The van der Waals surface area contributed by atoms with Gasteiger partial charge in [-0.25, -0.2) is 9.78 Å². The highest BCUT2D eigenvalue weighted by molar-refractivity contribution is 6.30. The Hall–Kier alpha value is -2.27. The first-order valence-corrected chi connectivity index (χ1v) is 6.75. The van der Waals surface area contributed by atoms with E-state index in [1.807, 2.05) is 31.2 Å². The number of hydrogen-bond acceptors (Lipinski definition) is 5. The van der Waals surface area contributed by atoms with Crippen LogP contribution in [0, 0.1) is 0 Å². The molecule has 2 aromatic rings. The van der Waals surface area contributed by atoms with Crippen LogP contribution >= 0.6 is 11.6 Å². The monoisotopic (exact) mass is 305 g/mol. The lowest BCUT2D eigenvalue weighted by Crippen LogP contribution is -2.13. The summed E-state index contributed by atoms with van der Waals surface area (Å²) in [6.45, 7) is 1.96. The van der Waals surface area contributed by atoms with E-state index in [-0.39, 0.29) is 17.3 Å². The Kier molecular flexibility index (Phi) is 4.65. The third-order valence-corrected chi connectivity index (χ3v) is 3.33. The highest BCUT2D eigenvalue weighted by Gasteiger charge is 2.15. The highest BCUT2D eigenvalue weighted by atomic mass is 35.5. The van der Waals surface area contributed by atoms with Gasteiger partial charge in [-0.1, -0.05) is 23.7 Å². The SMILES string of the molecule is COC(=O)c1ccnc(NC(C)c2cccc(Cl)c2)c1N. The van der Waals surface area contributed by atoms with Crippen molar-refractivity contribution in [3.63, 3.8) is 0 Å². The molecular formula is C15H16ClN3O2. The van der Waals surface area contributed by atoms with Crippen molar-refractivity contribution in [2.24, 2.45) is 0 Å². The third-order valence-electron chi connectivity index (χ3n) is 3.10. The molecule has 1 atom stereocenters. The van der Waals surface area contributed by atoms with Crippen LogP contribution in [0.15, 0.2) is 36.5 Å². The molecule has 0 radical (unpaired) electrons. The Balaban J connectivity index is 2.25. The summed E-state index contributed by atoms with van der Waals surface area (Å²) in [4.78, 5) is 15.8. The van der Waals surface area contributed by atoms with Crippen LogP contribution in [0.1, 0.15) is 28.9 Å². The standard InChI is InChI=1S/C15H16ClN3O2/c1-9(10-4-3-5-11(16)8-10)19-14-13(17)12(6-7-18-14)15(20)21-2/h3-9H,17H2,1-2H3,(H,18,19). The molecule has 3 N–H and O–H groups in total. The van der Waals surface area contributed by atoms with Gasteiger partial charge in [0.25, 0.3) is 0 Å². The van der Waals surface area contributed by atoms with Crippen molar-refractivity contribution in [2.75, 3.05) is 18.2 Å². The van der Waals surface area contributed by atoms with Gasteiger partial charge in [0.1, 0.15) is 0 Å². The number of nitrogen functional groups attached to an aromatic ring is 1. The van der Waals surface area contributed by atoms with Crippen LogP contribution in [0.3, 0.4) is 0 Å². The molecule has 5 nitrogen and oxygen atoms in total. The van der Waals surface area contributed by atoms with Crippen LogP contribution in [0.2, 0.25) is 5.02 Å². The van der Waals surface area contributed by atoms with Crippen LogP contribution in [-0.2, 0) is 4.74 Å². The number of hydrogen-bond donors (Lipinski definition) is 2. The van der Waals surface area contributed by atoms with Gasteiger partial charge in [-0.15, -0.1) is 0 Å². The molecule has 0 saturated heterocycles. The van der Waals surface area contributed by atoms with E-state index in [1.165, 1.54) is 19.4 Å². The van der Waals surface area contributed by atoms with Gasteiger partial charge in [0.05, 0.1) is 24.4 Å². The quantitative estimate of drug-likeness (QED) is 0.848. The molecule has 1 heterocycles. The van der Waals surface area contributed by atoms with Gasteiger partial charge in [0, 0.05) is 11.2 Å². The first-order valence-electron chi connectivity index (χ1n) is 6.37. The lowest BCUT2D eigenvalue weighted by molar-refractivity contribution is 0.0602. The summed E-state index contributed by atoms with van der Waals surface area (Å²) in [5.41, 5.74) is 7.50. The topological polar surface area (TPSA) is 77.2 Å². The van der Waals surface area contributed by atoms with Crippen molar-refractivity contribution in [2.45, 2.75) is 13.0 Å². The molecule has 0 saturated carbocycles. The summed E-state index contributed by atoms with van der Waals surface area (Å²) in [5.74, 6) is -0.0567. The van der Waals surface area contributed by atoms with E-state index >= 15 is 0 Å². The van der Waals surface area contributed by atoms with Crippen LogP contribution in [0.5, 0.6) is 0 Å². The van der Waals surface area contributed by atoms with Crippen LogP contribution < -0.4 is 11.1 Å². The van der Waals surface area contributed by atoms with Gasteiger partial charge in [0.15, 0.2) is 5.82 Å². The molecule has 1 aromatic heterocycles. The van der Waals surface area contributed by atoms with Gasteiger partial charge in [-0.05, 0) is 30.7 Å². The molecule has 0 aliphatic rings. The number of nitrogens with zero attached hydrogens (tertiary/aromatic N) is 1. The fourth-order valence-electron chi connectivity index (χ4n) is 1.94. The number of aromatic nitrogens is 1. The molecule has 2 rings (SSSR count). The summed E-state index contributed by atoms with van der Waals surface area (Å²) < 4.78 is 4.69. The molecule has 0 fully saturated rings. The Bertz CT molecular complexity index is 661. The normalized spacial score (nSPS) is 11.8. The van der Waals surface area contributed by atoms with Crippen molar-refractivity contribution in [3.8, 4) is 0 Å². The number of anilines is 2. The molecule has 110 valence electrons. The number of rotatable bonds is 4. The number of nitrogens with one attached hydrogen (secondary N) is 1. The maximum Gasteiger partial charge on any atom is 0.340 e. The Morgan fingerprint density at radius 3 is 2.86 bits per heavy atom. The maximum absolute atomic E-state index is 11.6. The number of carbonyl (C=O) groups is 1. The molecule has 1 aromatic carbocycles. The lowest BCUT2D eigenvalue weighted by Gasteiger charge is -2.17. The van der Waals surface area contributed by atoms with Gasteiger partial charge in [-0.2, -0.15) is 0 Å². The summed E-state index contributed by atoms with van der Waals surface area (Å²) in [6, 6.07) is 8.95. The zero-order valence-electron chi connectivity index (χ0n) is 11.8. The summed E-state index contributed by atoms with van der Waals surface area (Å²) in [5, 5.41) is 3.83. The molecule has 0 aliphatic heterocycles. The second-order valence-electron chi connectivity index (χ2n) is 4.53. The molecular weight excluding hydrogens is 290 g/mol. The minimum absolute atomic E-state index is 0.0635. The second-order valence-corrected chi connectivity index (χ2v) is 4.97. The summed E-state index contributed by atoms with van der Waals surface area (Å²) in [7, 11) is 1.31. The first kappa shape index (κ1) is 15.1. The summed E-state index contributed by atoms with van der Waals surface area (Å²) >= 11 is 5.98. The predicted octanol–water partition coefficient (Wildman–Crippen LogP) is 3.28. The highest BCUT2D eigenvalue weighted by Crippen LogP contribution is 2.26. The molecule has 0 spiro atoms. The van der Waals surface area contributed by atoms with Crippen LogP contribution in [-0.4, -0.2) is 18.1 Å². The lowest BCUT2D eigenvalue weighted by atomic mass is 10.1.